The van der Waals surface area contributed by atoms with Gasteiger partial charge in [-0.25, -0.2) is 9.37 Å². The van der Waals surface area contributed by atoms with Crippen molar-refractivity contribution in [2.45, 2.75) is 6.54 Å². The maximum Gasteiger partial charge on any atom is 0.242 e. The van der Waals surface area contributed by atoms with Crippen molar-refractivity contribution in [1.29, 1.82) is 0 Å². The first-order chi connectivity index (χ1) is 13.6. The molecule has 0 saturated carbocycles. The number of hydrogen-bond donors (Lipinski definition) is 0. The van der Waals surface area contributed by atoms with Crippen LogP contribution in [0.2, 0.25) is 0 Å². The molecule has 0 N–H and O–H groups in total. The van der Waals surface area contributed by atoms with E-state index >= 15 is 0 Å². The maximum absolute atomic E-state index is 13.3. The molecule has 138 valence electrons. The van der Waals surface area contributed by atoms with Crippen LogP contribution in [0.5, 0.6) is 0 Å². The zero-order chi connectivity index (χ0) is 19.5. The average Bonchev–Trinajstić information content (AvgIpc) is 3.12. The third kappa shape index (κ3) is 3.73. The predicted molar refractivity (Wildman–Crippen MR) is 98.3 cm³/mol. The third-order valence-electron chi connectivity index (χ3n) is 4.52. The third-order valence-corrected chi connectivity index (χ3v) is 4.52. The van der Waals surface area contributed by atoms with Gasteiger partial charge >= 0.3 is 0 Å². The molecule has 6 nitrogen and oxygen atoms in total. The Hall–Kier alpha value is -3.06. The molecule has 27 heavy (non-hydrogen) atoms. The molecule has 3 heterocycles. The molecule has 1 aliphatic rings. The van der Waals surface area contributed by atoms with Gasteiger partial charge in [0.2, 0.25) is 5.91 Å². The lowest BCUT2D eigenvalue weighted by Gasteiger charge is -2.27. The quantitative estimate of drug-likeness (QED) is 0.711. The lowest BCUT2D eigenvalue weighted by molar-refractivity contribution is -0.135. The molecular formula is C20H19FN4O2. The fourth-order valence-corrected chi connectivity index (χ4v) is 3.15. The van der Waals surface area contributed by atoms with Crippen molar-refractivity contribution in [3.05, 3.63) is 60.9 Å². The van der Waals surface area contributed by atoms with Crippen LogP contribution in [-0.2, 0) is 16.1 Å². The summed E-state index contributed by atoms with van der Waals surface area (Å²) >= 11 is 0. The summed E-state index contributed by atoms with van der Waals surface area (Å²) in [5.41, 5.74) is 2.79. The van der Waals surface area contributed by atoms with Gasteiger partial charge in [0.25, 0.3) is 0 Å². The van der Waals surface area contributed by atoms with Crippen molar-refractivity contribution in [3.8, 4) is 22.5 Å². The number of rotatable bonds is 4. The summed E-state index contributed by atoms with van der Waals surface area (Å²) in [4.78, 5) is 22.9. The van der Waals surface area contributed by atoms with E-state index in [9.17, 15) is 9.18 Å². The minimum Gasteiger partial charge on any atom is -0.378 e. The monoisotopic (exact) mass is 367 g/mol. The zero-order valence-corrected chi connectivity index (χ0v) is 14.6. The minimum absolute atomic E-state index is 0.0206. The minimum atomic E-state index is -0.329. The second kappa shape index (κ2) is 7.67. The molecule has 1 aromatic carbocycles. The standard InChI is InChI=1S/C20H19FN4O2/c21-17-3-1-15(2-4-17)19-20(16-5-7-22-8-6-16)25(14-23-19)13-18(26)24-9-11-27-12-10-24/h1-8,14H,9-13H2/i7D. The highest BCUT2D eigenvalue weighted by atomic mass is 19.1. The van der Waals surface area contributed by atoms with E-state index in [1.165, 1.54) is 12.1 Å². The highest BCUT2D eigenvalue weighted by Gasteiger charge is 2.21. The van der Waals surface area contributed by atoms with Crippen LogP contribution in [0.15, 0.2) is 55.1 Å². The number of aromatic nitrogens is 3. The Morgan fingerprint density at radius 2 is 1.93 bits per heavy atom. The number of benzene rings is 1. The van der Waals surface area contributed by atoms with Crippen molar-refractivity contribution >= 4 is 5.91 Å². The first-order valence-electron chi connectivity index (χ1n) is 9.21. The van der Waals surface area contributed by atoms with Gasteiger partial charge < -0.3 is 14.2 Å². The molecule has 0 unspecified atom stereocenters. The SMILES string of the molecule is [2H]c1cc(-c2c(-c3ccc(F)cc3)ncn2CC(=O)N2CCOCC2)ccn1. The Morgan fingerprint density at radius 1 is 1.15 bits per heavy atom. The highest BCUT2D eigenvalue weighted by Crippen LogP contribution is 2.31. The summed E-state index contributed by atoms with van der Waals surface area (Å²) in [6.45, 7) is 2.34. The van der Waals surface area contributed by atoms with Gasteiger partial charge in [0, 0.05) is 36.6 Å². The number of carbonyl (C=O) groups excluding carboxylic acids is 1. The Balaban J connectivity index is 1.73. The molecule has 0 aliphatic carbocycles. The first kappa shape index (κ1) is 16.1. The van der Waals surface area contributed by atoms with E-state index in [1.54, 1.807) is 46.3 Å². The van der Waals surface area contributed by atoms with E-state index in [0.717, 1.165) is 11.1 Å². The fraction of sp³-hybridized carbons (Fsp3) is 0.250. The topological polar surface area (TPSA) is 60.2 Å². The number of pyridine rings is 1. The van der Waals surface area contributed by atoms with E-state index in [0.29, 0.717) is 37.7 Å². The van der Waals surface area contributed by atoms with Crippen molar-refractivity contribution in [3.63, 3.8) is 0 Å². The normalized spacial score (nSPS) is 14.9. The van der Waals surface area contributed by atoms with Crippen LogP contribution in [-0.4, -0.2) is 51.6 Å². The first-order valence-corrected chi connectivity index (χ1v) is 8.71. The Bertz CT molecular complexity index is 984. The molecule has 0 spiro atoms. The lowest BCUT2D eigenvalue weighted by atomic mass is 10.1. The van der Waals surface area contributed by atoms with Gasteiger partial charge in [-0.15, -0.1) is 0 Å². The van der Waals surface area contributed by atoms with Gasteiger partial charge in [0.1, 0.15) is 12.4 Å². The number of nitrogens with zero attached hydrogens (tertiary/aromatic N) is 4. The van der Waals surface area contributed by atoms with Crippen LogP contribution in [0.1, 0.15) is 1.37 Å². The van der Waals surface area contributed by atoms with Crippen LogP contribution in [0.3, 0.4) is 0 Å². The van der Waals surface area contributed by atoms with Gasteiger partial charge in [-0.1, -0.05) is 0 Å². The summed E-state index contributed by atoms with van der Waals surface area (Å²) < 4.78 is 28.3. The summed E-state index contributed by atoms with van der Waals surface area (Å²) in [7, 11) is 0. The highest BCUT2D eigenvalue weighted by molar-refractivity contribution is 5.81. The number of morpholine rings is 1. The molecule has 0 atom stereocenters. The van der Waals surface area contributed by atoms with Gasteiger partial charge in [-0.3, -0.25) is 9.78 Å². The summed E-state index contributed by atoms with van der Waals surface area (Å²) in [5, 5.41) is 0. The second-order valence-corrected chi connectivity index (χ2v) is 6.24. The molecule has 1 aliphatic heterocycles. The van der Waals surface area contributed by atoms with Gasteiger partial charge in [-0.05, 0) is 36.4 Å². The molecule has 1 saturated heterocycles. The van der Waals surface area contributed by atoms with Gasteiger partial charge in [0.05, 0.1) is 32.3 Å². The molecule has 0 radical (unpaired) electrons. The lowest BCUT2D eigenvalue weighted by Crippen LogP contribution is -2.42. The number of imidazole rings is 1. The molecule has 1 amide bonds. The van der Waals surface area contributed by atoms with Crippen molar-refractivity contribution in [2.24, 2.45) is 0 Å². The van der Waals surface area contributed by atoms with Crippen molar-refractivity contribution < 1.29 is 15.3 Å². The van der Waals surface area contributed by atoms with Crippen LogP contribution in [0, 0.1) is 5.82 Å². The van der Waals surface area contributed by atoms with E-state index < -0.39 is 0 Å². The average molecular weight is 367 g/mol. The van der Waals surface area contributed by atoms with E-state index in [4.69, 9.17) is 6.11 Å². The summed E-state index contributed by atoms with van der Waals surface area (Å²) in [6.07, 6.45) is 3.28. The Morgan fingerprint density at radius 3 is 2.67 bits per heavy atom. The molecular weight excluding hydrogens is 347 g/mol. The van der Waals surface area contributed by atoms with Crippen molar-refractivity contribution in [1.82, 2.24) is 19.4 Å². The van der Waals surface area contributed by atoms with Gasteiger partial charge in [0.15, 0.2) is 0 Å². The molecule has 4 rings (SSSR count). The molecule has 2 aromatic heterocycles. The van der Waals surface area contributed by atoms with Crippen molar-refractivity contribution in [2.75, 3.05) is 26.3 Å². The van der Waals surface area contributed by atoms with E-state index in [2.05, 4.69) is 9.97 Å². The molecule has 3 aromatic rings. The Kier molecular flexibility index (Phi) is 4.59. The Labute approximate surface area is 157 Å². The molecule has 1 fully saturated rings. The predicted octanol–water partition coefficient (Wildman–Crippen LogP) is 2.61. The number of halogens is 1. The fourth-order valence-electron chi connectivity index (χ4n) is 3.15. The second-order valence-electron chi connectivity index (χ2n) is 6.24. The number of carbonyl (C=O) groups is 1. The smallest absolute Gasteiger partial charge is 0.242 e. The van der Waals surface area contributed by atoms with Crippen LogP contribution in [0.25, 0.3) is 22.5 Å². The summed E-state index contributed by atoms with van der Waals surface area (Å²) in [6, 6.07) is 9.45. The number of amides is 1. The largest absolute Gasteiger partial charge is 0.378 e. The van der Waals surface area contributed by atoms with Crippen LogP contribution >= 0.6 is 0 Å². The van der Waals surface area contributed by atoms with Crippen LogP contribution < -0.4 is 0 Å². The van der Waals surface area contributed by atoms with E-state index in [1.807, 2.05) is 0 Å². The van der Waals surface area contributed by atoms with Gasteiger partial charge in [-0.2, -0.15) is 0 Å². The number of ether oxygens (including phenoxy) is 1. The summed E-state index contributed by atoms with van der Waals surface area (Å²) in [5.74, 6) is -0.350. The molecule has 7 heteroatoms. The number of hydrogen-bond acceptors (Lipinski definition) is 4. The van der Waals surface area contributed by atoms with E-state index in [-0.39, 0.29) is 24.4 Å². The maximum atomic E-state index is 13.3. The zero-order valence-electron chi connectivity index (χ0n) is 15.6. The van der Waals surface area contributed by atoms with Crippen LogP contribution in [0.4, 0.5) is 4.39 Å². The molecule has 0 bridgehead atoms.